The molecule has 0 radical (unpaired) electrons. The molecule has 0 N–H and O–H groups in total. The van der Waals surface area contributed by atoms with Crippen molar-refractivity contribution >= 4 is 0 Å². The van der Waals surface area contributed by atoms with Gasteiger partial charge in [-0.2, -0.15) is 0 Å². The standard InChI is InChI=1S/C15H26O/c1-14(2,3)11-8-12(15(4,5)6)10-13(9-11)16-7/h9-11H,8H2,1-7H3. The lowest BCUT2D eigenvalue weighted by Crippen LogP contribution is -2.25. The van der Waals surface area contributed by atoms with Crippen LogP contribution in [0.3, 0.4) is 0 Å². The third kappa shape index (κ3) is 3.13. The van der Waals surface area contributed by atoms with Gasteiger partial charge in [-0.25, -0.2) is 0 Å². The van der Waals surface area contributed by atoms with E-state index in [0.29, 0.717) is 11.3 Å². The molecule has 1 atom stereocenters. The van der Waals surface area contributed by atoms with Crippen molar-refractivity contribution in [2.24, 2.45) is 16.7 Å². The Hall–Kier alpha value is -0.720. The predicted molar refractivity (Wildman–Crippen MR) is 70.2 cm³/mol. The third-order valence-corrected chi connectivity index (χ3v) is 3.43. The Morgan fingerprint density at radius 2 is 1.69 bits per heavy atom. The summed E-state index contributed by atoms with van der Waals surface area (Å²) in [7, 11) is 1.76. The predicted octanol–water partition coefficient (Wildman–Crippen LogP) is 4.56. The zero-order chi connectivity index (χ0) is 12.6. The van der Waals surface area contributed by atoms with Crippen molar-refractivity contribution in [1.82, 2.24) is 0 Å². The molecule has 16 heavy (non-hydrogen) atoms. The molecule has 0 spiro atoms. The summed E-state index contributed by atoms with van der Waals surface area (Å²) in [6.07, 6.45) is 5.64. The van der Waals surface area contributed by atoms with E-state index in [4.69, 9.17) is 4.74 Å². The summed E-state index contributed by atoms with van der Waals surface area (Å²) in [4.78, 5) is 0. The molecule has 0 aromatic carbocycles. The highest BCUT2D eigenvalue weighted by molar-refractivity contribution is 5.29. The summed E-state index contributed by atoms with van der Waals surface area (Å²) in [5.74, 6) is 1.60. The maximum atomic E-state index is 5.43. The Morgan fingerprint density at radius 3 is 2.06 bits per heavy atom. The SMILES string of the molecule is COC1=CC(C(C)(C)C)CC(C(C)(C)C)=C1. The Bertz CT molecular complexity index is 307. The van der Waals surface area contributed by atoms with E-state index in [1.54, 1.807) is 7.11 Å². The van der Waals surface area contributed by atoms with Crippen molar-refractivity contribution in [3.63, 3.8) is 0 Å². The average molecular weight is 222 g/mol. The molecule has 0 aliphatic heterocycles. The van der Waals surface area contributed by atoms with Gasteiger partial charge >= 0.3 is 0 Å². The van der Waals surface area contributed by atoms with Crippen molar-refractivity contribution < 1.29 is 4.74 Å². The Morgan fingerprint density at radius 1 is 1.12 bits per heavy atom. The first-order chi connectivity index (χ1) is 7.14. The maximum absolute atomic E-state index is 5.43. The number of rotatable bonds is 1. The monoisotopic (exact) mass is 222 g/mol. The summed E-state index contributed by atoms with van der Waals surface area (Å²) in [5.41, 5.74) is 2.03. The molecular weight excluding hydrogens is 196 g/mol. The highest BCUT2D eigenvalue weighted by Gasteiger charge is 2.30. The molecule has 1 unspecified atom stereocenters. The number of allylic oxidation sites excluding steroid dienone is 3. The Kier molecular flexibility index (Phi) is 3.56. The van der Waals surface area contributed by atoms with Crippen molar-refractivity contribution in [2.75, 3.05) is 7.11 Å². The van der Waals surface area contributed by atoms with Gasteiger partial charge in [-0.15, -0.1) is 0 Å². The van der Waals surface area contributed by atoms with Gasteiger partial charge < -0.3 is 4.74 Å². The van der Waals surface area contributed by atoms with Crippen LogP contribution in [0.5, 0.6) is 0 Å². The van der Waals surface area contributed by atoms with Gasteiger partial charge in [0, 0.05) is 0 Å². The van der Waals surface area contributed by atoms with Crippen LogP contribution < -0.4 is 0 Å². The highest BCUT2D eigenvalue weighted by atomic mass is 16.5. The summed E-state index contributed by atoms with van der Waals surface area (Å²) in [6, 6.07) is 0. The molecule has 1 heteroatoms. The fourth-order valence-corrected chi connectivity index (χ4v) is 1.98. The molecule has 1 aliphatic rings. The molecule has 0 saturated carbocycles. The molecular formula is C15H26O. The minimum atomic E-state index is 0.238. The van der Waals surface area contributed by atoms with Gasteiger partial charge in [-0.1, -0.05) is 47.1 Å². The van der Waals surface area contributed by atoms with Gasteiger partial charge in [0.1, 0.15) is 5.76 Å². The minimum Gasteiger partial charge on any atom is -0.497 e. The quantitative estimate of drug-likeness (QED) is 0.632. The largest absolute Gasteiger partial charge is 0.497 e. The van der Waals surface area contributed by atoms with Gasteiger partial charge in [0.25, 0.3) is 0 Å². The van der Waals surface area contributed by atoms with E-state index in [1.807, 2.05) is 0 Å². The minimum absolute atomic E-state index is 0.238. The van der Waals surface area contributed by atoms with Crippen LogP contribution in [0.25, 0.3) is 0 Å². The molecule has 92 valence electrons. The number of ether oxygens (including phenoxy) is 1. The molecule has 1 aliphatic carbocycles. The van der Waals surface area contributed by atoms with Crippen LogP contribution in [0.1, 0.15) is 48.0 Å². The lowest BCUT2D eigenvalue weighted by atomic mass is 9.70. The second-order valence-electron chi connectivity index (χ2n) is 6.87. The molecule has 0 aromatic rings. The van der Waals surface area contributed by atoms with Crippen LogP contribution >= 0.6 is 0 Å². The third-order valence-electron chi connectivity index (χ3n) is 3.43. The van der Waals surface area contributed by atoms with Crippen LogP contribution in [0.15, 0.2) is 23.5 Å². The second kappa shape index (κ2) is 4.27. The van der Waals surface area contributed by atoms with Gasteiger partial charge in [0.2, 0.25) is 0 Å². The first kappa shape index (κ1) is 13.3. The van der Waals surface area contributed by atoms with Crippen molar-refractivity contribution in [3.8, 4) is 0 Å². The van der Waals surface area contributed by atoms with E-state index in [0.717, 1.165) is 12.2 Å². The molecule has 0 saturated heterocycles. The number of methoxy groups -OCH3 is 1. The molecule has 0 heterocycles. The molecule has 0 bridgehead atoms. The highest BCUT2D eigenvalue weighted by Crippen LogP contribution is 2.41. The van der Waals surface area contributed by atoms with Gasteiger partial charge in [0.15, 0.2) is 0 Å². The van der Waals surface area contributed by atoms with Crippen molar-refractivity contribution in [3.05, 3.63) is 23.5 Å². The van der Waals surface area contributed by atoms with Crippen LogP contribution in [0.4, 0.5) is 0 Å². The topological polar surface area (TPSA) is 9.23 Å². The van der Waals surface area contributed by atoms with Crippen LogP contribution in [0.2, 0.25) is 0 Å². The lowest BCUT2D eigenvalue weighted by molar-refractivity contribution is 0.245. The smallest absolute Gasteiger partial charge is 0.115 e. The average Bonchev–Trinajstić information content (AvgIpc) is 2.14. The van der Waals surface area contributed by atoms with E-state index in [2.05, 4.69) is 53.7 Å². The van der Waals surface area contributed by atoms with Gasteiger partial charge in [0.05, 0.1) is 7.11 Å². The van der Waals surface area contributed by atoms with E-state index in [9.17, 15) is 0 Å². The maximum Gasteiger partial charge on any atom is 0.115 e. The molecule has 1 nitrogen and oxygen atoms in total. The number of hydrogen-bond acceptors (Lipinski definition) is 1. The summed E-state index contributed by atoms with van der Waals surface area (Å²) in [5, 5.41) is 0. The molecule has 0 aromatic heterocycles. The van der Waals surface area contributed by atoms with E-state index in [1.165, 1.54) is 5.57 Å². The first-order valence-electron chi connectivity index (χ1n) is 6.11. The van der Waals surface area contributed by atoms with E-state index in [-0.39, 0.29) is 5.41 Å². The zero-order valence-corrected chi connectivity index (χ0v) is 11.8. The van der Waals surface area contributed by atoms with Crippen LogP contribution in [-0.2, 0) is 4.74 Å². The van der Waals surface area contributed by atoms with Crippen LogP contribution in [0, 0.1) is 16.7 Å². The fourth-order valence-electron chi connectivity index (χ4n) is 1.98. The molecule has 1 rings (SSSR count). The summed E-state index contributed by atoms with van der Waals surface area (Å²) < 4.78 is 5.43. The fraction of sp³-hybridized carbons (Fsp3) is 0.733. The molecule has 0 fully saturated rings. The number of hydrogen-bond donors (Lipinski definition) is 0. The Balaban J connectivity index is 3.02. The normalized spacial score (nSPS) is 22.6. The van der Waals surface area contributed by atoms with Crippen molar-refractivity contribution in [1.29, 1.82) is 0 Å². The summed E-state index contributed by atoms with van der Waals surface area (Å²) in [6.45, 7) is 13.7. The van der Waals surface area contributed by atoms with Gasteiger partial charge in [-0.05, 0) is 35.3 Å². The summed E-state index contributed by atoms with van der Waals surface area (Å²) >= 11 is 0. The lowest BCUT2D eigenvalue weighted by Gasteiger charge is -2.36. The van der Waals surface area contributed by atoms with Crippen LogP contribution in [-0.4, -0.2) is 7.11 Å². The second-order valence-corrected chi connectivity index (χ2v) is 6.87. The van der Waals surface area contributed by atoms with Gasteiger partial charge in [-0.3, -0.25) is 0 Å². The van der Waals surface area contributed by atoms with E-state index >= 15 is 0 Å². The first-order valence-corrected chi connectivity index (χ1v) is 6.11. The van der Waals surface area contributed by atoms with E-state index < -0.39 is 0 Å². The molecule has 0 amide bonds. The zero-order valence-electron chi connectivity index (χ0n) is 11.8. The van der Waals surface area contributed by atoms with Crippen molar-refractivity contribution in [2.45, 2.75) is 48.0 Å². The Labute approximate surface area is 101 Å².